The molecule has 0 radical (unpaired) electrons. The van der Waals surface area contributed by atoms with E-state index in [1.165, 1.54) is 17.0 Å². The van der Waals surface area contributed by atoms with Crippen molar-refractivity contribution in [3.8, 4) is 0 Å². The lowest BCUT2D eigenvalue weighted by Crippen LogP contribution is -2.29. The van der Waals surface area contributed by atoms with E-state index in [0.717, 1.165) is 4.47 Å². The molecule has 126 valence electrons. The molecule has 2 rings (SSSR count). The number of nitrogens with zero attached hydrogens (tertiary/aromatic N) is 2. The second-order valence-electron chi connectivity index (χ2n) is 4.91. The Hall–Kier alpha value is -2.48. The van der Waals surface area contributed by atoms with Crippen molar-refractivity contribution in [3.63, 3.8) is 0 Å². The van der Waals surface area contributed by atoms with Gasteiger partial charge in [-0.15, -0.1) is 6.58 Å². The number of nitrogens with one attached hydrogen (secondary N) is 1. The molecule has 0 spiro atoms. The maximum absolute atomic E-state index is 12.4. The Labute approximate surface area is 146 Å². The second-order valence-corrected chi connectivity index (χ2v) is 5.82. The Kier molecular flexibility index (Phi) is 6.25. The zero-order chi connectivity index (χ0) is 17.5. The molecule has 0 saturated carbocycles. The van der Waals surface area contributed by atoms with Gasteiger partial charge in [0.2, 0.25) is 0 Å². The molecule has 1 amide bonds. The summed E-state index contributed by atoms with van der Waals surface area (Å²) < 4.78 is 6.96. The molecule has 0 aliphatic carbocycles. The molecule has 0 unspecified atom stereocenters. The van der Waals surface area contributed by atoms with E-state index in [-0.39, 0.29) is 25.1 Å². The summed E-state index contributed by atoms with van der Waals surface area (Å²) in [4.78, 5) is 39.5. The average molecular weight is 394 g/mol. The van der Waals surface area contributed by atoms with Gasteiger partial charge in [0.05, 0.1) is 23.7 Å². The third kappa shape index (κ3) is 4.76. The van der Waals surface area contributed by atoms with Gasteiger partial charge in [-0.25, -0.2) is 4.98 Å². The molecule has 24 heavy (non-hydrogen) atoms. The van der Waals surface area contributed by atoms with E-state index < -0.39 is 11.9 Å². The highest BCUT2D eigenvalue weighted by Crippen LogP contribution is 2.14. The SMILES string of the molecule is C=CCNC(=O)COC(=O)CCn1cnc2ccc(Br)cc2c1=O. The number of hydrogen-bond acceptors (Lipinski definition) is 5. The molecule has 0 aliphatic heterocycles. The molecule has 1 aromatic heterocycles. The first kappa shape index (κ1) is 17.9. The van der Waals surface area contributed by atoms with Crippen LogP contribution >= 0.6 is 15.9 Å². The van der Waals surface area contributed by atoms with Crippen LogP contribution in [-0.4, -0.2) is 34.6 Å². The lowest BCUT2D eigenvalue weighted by Gasteiger charge is -2.07. The summed E-state index contributed by atoms with van der Waals surface area (Å²) in [7, 11) is 0. The van der Waals surface area contributed by atoms with Crippen LogP contribution in [0.5, 0.6) is 0 Å². The predicted molar refractivity (Wildman–Crippen MR) is 92.5 cm³/mol. The maximum atomic E-state index is 12.4. The number of aryl methyl sites for hydroxylation is 1. The number of hydrogen-bond donors (Lipinski definition) is 1. The van der Waals surface area contributed by atoms with Gasteiger partial charge in [0, 0.05) is 17.6 Å². The number of rotatable bonds is 7. The fraction of sp³-hybridized carbons (Fsp3) is 0.250. The summed E-state index contributed by atoms with van der Waals surface area (Å²) in [5, 5.41) is 2.95. The highest BCUT2D eigenvalue weighted by Gasteiger charge is 2.09. The van der Waals surface area contributed by atoms with Crippen LogP contribution in [-0.2, 0) is 20.9 Å². The molecule has 1 aromatic carbocycles. The summed E-state index contributed by atoms with van der Waals surface area (Å²) in [6.45, 7) is 3.54. The molecule has 0 fully saturated rings. The van der Waals surface area contributed by atoms with E-state index in [4.69, 9.17) is 4.74 Å². The number of esters is 1. The summed E-state index contributed by atoms with van der Waals surface area (Å²) in [5.74, 6) is -0.970. The number of halogens is 1. The molecule has 0 bridgehead atoms. The molecule has 1 N–H and O–H groups in total. The average Bonchev–Trinajstić information content (AvgIpc) is 2.58. The number of carbonyl (C=O) groups is 2. The number of benzene rings is 1. The normalized spacial score (nSPS) is 10.4. The maximum Gasteiger partial charge on any atom is 0.308 e. The van der Waals surface area contributed by atoms with Crippen molar-refractivity contribution in [1.29, 1.82) is 0 Å². The number of fused-ring (bicyclic) bond motifs is 1. The minimum Gasteiger partial charge on any atom is -0.456 e. The summed E-state index contributed by atoms with van der Waals surface area (Å²) in [6, 6.07) is 5.22. The summed E-state index contributed by atoms with van der Waals surface area (Å²) in [5.41, 5.74) is 0.346. The van der Waals surface area contributed by atoms with Crippen molar-refractivity contribution in [2.24, 2.45) is 0 Å². The van der Waals surface area contributed by atoms with Crippen LogP contribution in [0.4, 0.5) is 0 Å². The lowest BCUT2D eigenvalue weighted by molar-refractivity contribution is -0.148. The number of aromatic nitrogens is 2. The van der Waals surface area contributed by atoms with Crippen LogP contribution in [0.1, 0.15) is 6.42 Å². The van der Waals surface area contributed by atoms with Crippen LogP contribution in [0.25, 0.3) is 10.9 Å². The fourth-order valence-electron chi connectivity index (χ4n) is 1.96. The first-order valence-corrected chi connectivity index (χ1v) is 7.98. The first-order valence-electron chi connectivity index (χ1n) is 7.19. The van der Waals surface area contributed by atoms with Crippen molar-refractivity contribution in [1.82, 2.24) is 14.9 Å². The van der Waals surface area contributed by atoms with Gasteiger partial charge in [0.15, 0.2) is 6.61 Å². The van der Waals surface area contributed by atoms with Crippen molar-refractivity contribution in [2.75, 3.05) is 13.2 Å². The third-order valence-electron chi connectivity index (χ3n) is 3.15. The fourth-order valence-corrected chi connectivity index (χ4v) is 2.32. The quantitative estimate of drug-likeness (QED) is 0.566. The molecule has 0 aliphatic rings. The van der Waals surface area contributed by atoms with Gasteiger partial charge >= 0.3 is 5.97 Å². The molecular formula is C16H16BrN3O4. The number of amides is 1. The van der Waals surface area contributed by atoms with Crippen molar-refractivity contribution in [2.45, 2.75) is 13.0 Å². The van der Waals surface area contributed by atoms with Gasteiger partial charge in [0.1, 0.15) is 0 Å². The van der Waals surface area contributed by atoms with Gasteiger partial charge in [-0.2, -0.15) is 0 Å². The Morgan fingerprint density at radius 3 is 2.96 bits per heavy atom. The van der Waals surface area contributed by atoms with Crippen LogP contribution in [0, 0.1) is 0 Å². The Bertz CT molecular complexity index is 832. The van der Waals surface area contributed by atoms with E-state index in [1.54, 1.807) is 18.2 Å². The second kappa shape index (κ2) is 8.39. The van der Waals surface area contributed by atoms with Crippen LogP contribution < -0.4 is 10.9 Å². The lowest BCUT2D eigenvalue weighted by atomic mass is 10.2. The molecule has 2 aromatic rings. The van der Waals surface area contributed by atoms with Gasteiger partial charge in [-0.3, -0.25) is 19.0 Å². The van der Waals surface area contributed by atoms with Crippen molar-refractivity contribution >= 4 is 38.7 Å². The van der Waals surface area contributed by atoms with E-state index in [1.807, 2.05) is 0 Å². The minimum absolute atomic E-state index is 0.0319. The zero-order valence-corrected chi connectivity index (χ0v) is 14.4. The molecule has 7 nitrogen and oxygen atoms in total. The zero-order valence-electron chi connectivity index (χ0n) is 12.8. The first-order chi connectivity index (χ1) is 11.5. The largest absolute Gasteiger partial charge is 0.456 e. The van der Waals surface area contributed by atoms with Crippen LogP contribution in [0.2, 0.25) is 0 Å². The van der Waals surface area contributed by atoms with Crippen molar-refractivity contribution < 1.29 is 14.3 Å². The third-order valence-corrected chi connectivity index (χ3v) is 3.64. The molecular weight excluding hydrogens is 378 g/mol. The molecule has 1 heterocycles. The number of ether oxygens (including phenoxy) is 1. The summed E-state index contributed by atoms with van der Waals surface area (Å²) >= 11 is 3.31. The standard InChI is InChI=1S/C16H16BrN3O4/c1-2-6-18-14(21)9-24-15(22)5-7-20-10-19-13-4-3-11(17)8-12(13)16(20)23/h2-4,8,10H,1,5-7,9H2,(H,18,21). The van der Waals surface area contributed by atoms with Gasteiger partial charge < -0.3 is 10.1 Å². The topological polar surface area (TPSA) is 90.3 Å². The molecule has 0 atom stereocenters. The van der Waals surface area contributed by atoms with E-state index in [9.17, 15) is 14.4 Å². The van der Waals surface area contributed by atoms with Gasteiger partial charge in [-0.05, 0) is 18.2 Å². The molecule has 8 heteroatoms. The monoisotopic (exact) mass is 393 g/mol. The van der Waals surface area contributed by atoms with Crippen LogP contribution in [0.15, 0.2) is 46.4 Å². The predicted octanol–water partition coefficient (Wildman–Crippen LogP) is 1.39. The Morgan fingerprint density at radius 2 is 2.21 bits per heavy atom. The van der Waals surface area contributed by atoms with E-state index >= 15 is 0 Å². The number of carbonyl (C=O) groups excluding carboxylic acids is 2. The smallest absolute Gasteiger partial charge is 0.308 e. The van der Waals surface area contributed by atoms with Crippen LogP contribution in [0.3, 0.4) is 0 Å². The minimum atomic E-state index is -0.565. The van der Waals surface area contributed by atoms with Gasteiger partial charge in [-0.1, -0.05) is 22.0 Å². The van der Waals surface area contributed by atoms with Gasteiger partial charge in [0.25, 0.3) is 11.5 Å². The van der Waals surface area contributed by atoms with Crippen molar-refractivity contribution in [3.05, 3.63) is 52.0 Å². The Morgan fingerprint density at radius 1 is 1.42 bits per heavy atom. The van der Waals surface area contributed by atoms with E-state index in [0.29, 0.717) is 17.4 Å². The highest BCUT2D eigenvalue weighted by molar-refractivity contribution is 9.10. The summed E-state index contributed by atoms with van der Waals surface area (Å²) in [6.07, 6.45) is 2.88. The Balaban J connectivity index is 1.94. The highest BCUT2D eigenvalue weighted by atomic mass is 79.9. The molecule has 0 saturated heterocycles. The van der Waals surface area contributed by atoms with E-state index in [2.05, 4.69) is 32.8 Å².